The van der Waals surface area contributed by atoms with E-state index in [2.05, 4.69) is 11.4 Å². The number of fused-ring (bicyclic) bond motifs is 1. The van der Waals surface area contributed by atoms with Gasteiger partial charge in [-0.05, 0) is 24.5 Å². The predicted molar refractivity (Wildman–Crippen MR) is 81.6 cm³/mol. The van der Waals surface area contributed by atoms with E-state index in [4.69, 9.17) is 16.7 Å². The van der Waals surface area contributed by atoms with Crippen molar-refractivity contribution in [2.24, 2.45) is 0 Å². The molecule has 0 atom stereocenters. The molecule has 0 spiro atoms. The topological polar surface area (TPSA) is 46.9 Å². The van der Waals surface area contributed by atoms with Crippen LogP contribution in [0.2, 0.25) is 5.02 Å². The number of hydrogen-bond acceptors (Lipinski definition) is 2. The molecule has 2 aromatic rings. The highest BCUT2D eigenvalue weighted by Crippen LogP contribution is 2.50. The second-order valence-electron chi connectivity index (χ2n) is 5.85. The average Bonchev–Trinajstić information content (AvgIpc) is 2.82. The maximum atomic E-state index is 11.5. The normalized spacial score (nSPS) is 19.6. The largest absolute Gasteiger partial charge is 0.311 e. The fourth-order valence-electron chi connectivity index (χ4n) is 3.38. The lowest BCUT2D eigenvalue weighted by molar-refractivity contribution is -0.116. The van der Waals surface area contributed by atoms with Crippen LogP contribution in [0, 0.1) is 0 Å². The minimum Gasteiger partial charge on any atom is -0.311 e. The number of rotatable bonds is 2. The maximum absolute atomic E-state index is 11.5. The quantitative estimate of drug-likeness (QED) is 0.924. The van der Waals surface area contributed by atoms with Gasteiger partial charge in [-0.15, -0.1) is 0 Å². The number of hydrogen-bond donors (Lipinski definition) is 1. The summed E-state index contributed by atoms with van der Waals surface area (Å²) in [5.41, 5.74) is 2.09. The van der Waals surface area contributed by atoms with E-state index in [1.54, 1.807) is 0 Å². The van der Waals surface area contributed by atoms with Crippen molar-refractivity contribution in [1.29, 1.82) is 0 Å². The Morgan fingerprint density at radius 3 is 2.81 bits per heavy atom. The molecule has 4 nitrogen and oxygen atoms in total. The molecule has 2 aliphatic rings. The number of amides is 1. The number of aryl methyl sites for hydroxylation is 1. The zero-order valence-corrected chi connectivity index (χ0v) is 12.4. The van der Waals surface area contributed by atoms with Crippen molar-refractivity contribution >= 4 is 23.3 Å². The molecular formula is C16H16ClN3O. The van der Waals surface area contributed by atoms with Crippen LogP contribution in [0.25, 0.3) is 0 Å². The summed E-state index contributed by atoms with van der Waals surface area (Å²) in [6.45, 7) is 0.653. The van der Waals surface area contributed by atoms with Crippen LogP contribution in [-0.4, -0.2) is 15.7 Å². The molecule has 0 radical (unpaired) electrons. The Labute approximate surface area is 128 Å². The maximum Gasteiger partial charge on any atom is 0.227 e. The minimum absolute atomic E-state index is 0.0642. The molecule has 108 valence electrons. The van der Waals surface area contributed by atoms with Crippen LogP contribution in [0.4, 0.5) is 5.82 Å². The molecule has 0 unspecified atom stereocenters. The summed E-state index contributed by atoms with van der Waals surface area (Å²) in [7, 11) is 0. The summed E-state index contributed by atoms with van der Waals surface area (Å²) >= 11 is 6.42. The molecule has 4 rings (SSSR count). The fourth-order valence-corrected chi connectivity index (χ4v) is 3.69. The zero-order chi connectivity index (χ0) is 14.4. The van der Waals surface area contributed by atoms with Crippen molar-refractivity contribution in [3.63, 3.8) is 0 Å². The number of nitrogens with one attached hydrogen (secondary N) is 1. The lowest BCUT2D eigenvalue weighted by Gasteiger charge is -2.41. The Bertz CT molecular complexity index is 718. The number of carbonyl (C=O) groups excluding carboxylic acids is 1. The van der Waals surface area contributed by atoms with Gasteiger partial charge in [0.2, 0.25) is 5.91 Å². The van der Waals surface area contributed by atoms with Gasteiger partial charge >= 0.3 is 0 Å². The molecule has 21 heavy (non-hydrogen) atoms. The predicted octanol–water partition coefficient (Wildman–Crippen LogP) is 3.35. The Morgan fingerprint density at radius 1 is 1.29 bits per heavy atom. The zero-order valence-electron chi connectivity index (χ0n) is 11.6. The van der Waals surface area contributed by atoms with Crippen molar-refractivity contribution in [1.82, 2.24) is 9.78 Å². The summed E-state index contributed by atoms with van der Waals surface area (Å²) in [6.07, 6.45) is 3.79. The number of aromatic nitrogens is 2. The van der Waals surface area contributed by atoms with E-state index in [1.165, 1.54) is 6.42 Å². The van der Waals surface area contributed by atoms with Crippen LogP contribution in [-0.2, 0) is 16.8 Å². The number of carbonyl (C=O) groups is 1. The third kappa shape index (κ3) is 1.89. The molecule has 0 saturated heterocycles. The number of nitrogens with zero attached hydrogens (tertiary/aromatic N) is 2. The smallest absolute Gasteiger partial charge is 0.227 e. The molecule has 0 bridgehead atoms. The lowest BCUT2D eigenvalue weighted by Crippen LogP contribution is -2.36. The van der Waals surface area contributed by atoms with Gasteiger partial charge in [0, 0.05) is 22.9 Å². The molecule has 1 aliphatic carbocycles. The molecule has 1 aromatic heterocycles. The lowest BCUT2D eigenvalue weighted by atomic mass is 9.62. The standard InChI is InChI=1S/C16H16ClN3O/c17-12-5-2-1-4-11(12)16(7-3-8-16)13-10-14-18-15(21)6-9-20(14)19-13/h1-2,4-5,10H,3,6-9H2,(H,18,21). The molecule has 5 heteroatoms. The van der Waals surface area contributed by atoms with E-state index in [0.717, 1.165) is 34.9 Å². The van der Waals surface area contributed by atoms with Crippen LogP contribution in [0.1, 0.15) is 36.9 Å². The van der Waals surface area contributed by atoms with Crippen molar-refractivity contribution in [2.45, 2.75) is 37.6 Å². The van der Waals surface area contributed by atoms with Crippen molar-refractivity contribution in [3.8, 4) is 0 Å². The Hall–Kier alpha value is -1.81. The second-order valence-corrected chi connectivity index (χ2v) is 6.26. The van der Waals surface area contributed by atoms with Gasteiger partial charge in [0.25, 0.3) is 0 Å². The summed E-state index contributed by atoms with van der Waals surface area (Å²) in [5, 5.41) is 8.43. The Morgan fingerprint density at radius 2 is 2.10 bits per heavy atom. The molecule has 1 fully saturated rings. The van der Waals surface area contributed by atoms with Crippen molar-refractivity contribution in [3.05, 3.63) is 46.6 Å². The monoisotopic (exact) mass is 301 g/mol. The second kappa shape index (κ2) is 4.60. The SMILES string of the molecule is O=C1CCn2nc(C3(c4ccccc4Cl)CCC3)cc2N1. The van der Waals surface area contributed by atoms with Gasteiger partial charge in [-0.2, -0.15) is 5.10 Å². The first-order valence-corrected chi connectivity index (χ1v) is 7.70. The Kier molecular flexibility index (Phi) is 2.82. The third-order valence-electron chi connectivity index (χ3n) is 4.68. The highest BCUT2D eigenvalue weighted by Gasteiger charge is 2.44. The van der Waals surface area contributed by atoms with Gasteiger partial charge in [-0.3, -0.25) is 4.79 Å². The van der Waals surface area contributed by atoms with Gasteiger partial charge in [-0.1, -0.05) is 36.2 Å². The van der Waals surface area contributed by atoms with Crippen LogP contribution in [0.15, 0.2) is 30.3 Å². The average molecular weight is 302 g/mol. The van der Waals surface area contributed by atoms with E-state index in [0.29, 0.717) is 13.0 Å². The van der Waals surface area contributed by atoms with Crippen molar-refractivity contribution in [2.75, 3.05) is 5.32 Å². The van der Waals surface area contributed by atoms with E-state index in [-0.39, 0.29) is 11.3 Å². The number of benzene rings is 1. The molecule has 1 N–H and O–H groups in total. The first kappa shape index (κ1) is 12.9. The van der Waals surface area contributed by atoms with Gasteiger partial charge in [0.05, 0.1) is 12.2 Å². The van der Waals surface area contributed by atoms with E-state index in [1.807, 2.05) is 28.9 Å². The van der Waals surface area contributed by atoms with Gasteiger partial charge in [0.1, 0.15) is 5.82 Å². The van der Waals surface area contributed by atoms with Gasteiger partial charge in [0.15, 0.2) is 0 Å². The van der Waals surface area contributed by atoms with E-state index < -0.39 is 0 Å². The number of anilines is 1. The highest BCUT2D eigenvalue weighted by atomic mass is 35.5. The molecule has 1 aromatic carbocycles. The van der Waals surface area contributed by atoms with Crippen LogP contribution < -0.4 is 5.32 Å². The van der Waals surface area contributed by atoms with Gasteiger partial charge < -0.3 is 5.32 Å². The summed E-state index contributed by atoms with van der Waals surface area (Å²) in [5.74, 6) is 0.869. The summed E-state index contributed by atoms with van der Waals surface area (Å²) in [6, 6.07) is 10.0. The van der Waals surface area contributed by atoms with Crippen LogP contribution in [0.3, 0.4) is 0 Å². The molecule has 1 aliphatic heterocycles. The number of halogens is 1. The van der Waals surface area contributed by atoms with Crippen LogP contribution >= 0.6 is 11.6 Å². The molecule has 1 saturated carbocycles. The Balaban J connectivity index is 1.81. The fraction of sp³-hybridized carbons (Fsp3) is 0.375. The molecule has 2 heterocycles. The first-order valence-electron chi connectivity index (χ1n) is 7.32. The minimum atomic E-state index is -0.0899. The van der Waals surface area contributed by atoms with E-state index >= 15 is 0 Å². The molecular weight excluding hydrogens is 286 g/mol. The van der Waals surface area contributed by atoms with Gasteiger partial charge in [-0.25, -0.2) is 4.68 Å². The van der Waals surface area contributed by atoms with Crippen LogP contribution in [0.5, 0.6) is 0 Å². The summed E-state index contributed by atoms with van der Waals surface area (Å²) in [4.78, 5) is 11.5. The first-order chi connectivity index (χ1) is 10.2. The third-order valence-corrected chi connectivity index (χ3v) is 5.01. The summed E-state index contributed by atoms with van der Waals surface area (Å²) < 4.78 is 1.90. The van der Waals surface area contributed by atoms with Crippen molar-refractivity contribution < 1.29 is 4.79 Å². The highest BCUT2D eigenvalue weighted by molar-refractivity contribution is 6.31. The van der Waals surface area contributed by atoms with E-state index in [9.17, 15) is 4.79 Å². The molecule has 1 amide bonds.